The van der Waals surface area contributed by atoms with E-state index in [1.54, 1.807) is 20.8 Å². The molecule has 3 atom stereocenters. The van der Waals surface area contributed by atoms with Gasteiger partial charge in [0.25, 0.3) is 0 Å². The van der Waals surface area contributed by atoms with Crippen LogP contribution >= 0.6 is 0 Å². The molecule has 0 aliphatic carbocycles. The number of carbonyl (C=O) groups excluding carboxylic acids is 3. The fourth-order valence-electron chi connectivity index (χ4n) is 3.52. The van der Waals surface area contributed by atoms with Crippen LogP contribution in [-0.4, -0.2) is 79.6 Å². The summed E-state index contributed by atoms with van der Waals surface area (Å²) in [4.78, 5) is 38.2. The lowest BCUT2D eigenvalue weighted by Crippen LogP contribution is -2.61. The number of amides is 1. The Bertz CT molecular complexity index is 888. The molecule has 2 aliphatic heterocycles. The number of hydrogen-bond donors (Lipinski definition) is 3. The zero-order chi connectivity index (χ0) is 23.6. The lowest BCUT2D eigenvalue weighted by molar-refractivity contribution is -0.175. The summed E-state index contributed by atoms with van der Waals surface area (Å²) in [6.45, 7) is 5.71. The van der Waals surface area contributed by atoms with Gasteiger partial charge in [-0.05, 0) is 39.7 Å². The number of β-lactam (4-membered cyclic amide) rings is 1. The standard InChI is InChI=1S/C19H29N3O8S/c1-11(23)14-13-7-12(8-31(27,28)6-5-21-9-20)15(22(13)16(14)24)17(25)29-10-30-18(26)19(2,3)4/h9,11,13-14,23H,5-8,10H2,1-4H3,(H2,20,21). The Labute approximate surface area is 181 Å². The summed E-state index contributed by atoms with van der Waals surface area (Å²) < 4.78 is 34.8. The van der Waals surface area contributed by atoms with E-state index in [1.807, 2.05) is 0 Å². The molecule has 0 bridgehead atoms. The molecule has 11 nitrogen and oxygen atoms in total. The molecule has 2 heterocycles. The molecule has 2 aliphatic rings. The maximum atomic E-state index is 12.7. The highest BCUT2D eigenvalue weighted by Gasteiger charge is 2.57. The summed E-state index contributed by atoms with van der Waals surface area (Å²) in [5, 5.41) is 19.2. The van der Waals surface area contributed by atoms with E-state index < -0.39 is 63.7 Å². The first kappa shape index (κ1) is 24.8. The quantitative estimate of drug-likeness (QED) is 0.0980. The molecule has 31 heavy (non-hydrogen) atoms. The van der Waals surface area contributed by atoms with Gasteiger partial charge < -0.3 is 24.8 Å². The number of esters is 2. The van der Waals surface area contributed by atoms with Crippen LogP contribution in [0, 0.1) is 16.7 Å². The van der Waals surface area contributed by atoms with E-state index >= 15 is 0 Å². The van der Waals surface area contributed by atoms with Crippen molar-refractivity contribution in [2.75, 3.05) is 24.8 Å². The molecule has 0 radical (unpaired) electrons. The lowest BCUT2D eigenvalue weighted by atomic mass is 9.83. The number of sulfone groups is 1. The van der Waals surface area contributed by atoms with Gasteiger partial charge in [0.1, 0.15) is 5.70 Å². The van der Waals surface area contributed by atoms with Gasteiger partial charge in [0.2, 0.25) is 12.7 Å². The summed E-state index contributed by atoms with van der Waals surface area (Å²) in [6, 6.07) is -0.530. The van der Waals surface area contributed by atoms with Crippen molar-refractivity contribution >= 4 is 34.0 Å². The maximum absolute atomic E-state index is 12.7. The minimum absolute atomic E-state index is 0.0318. The monoisotopic (exact) mass is 459 g/mol. The van der Waals surface area contributed by atoms with Crippen molar-refractivity contribution in [3.63, 3.8) is 0 Å². The summed E-state index contributed by atoms with van der Waals surface area (Å²) in [7, 11) is -3.65. The number of ether oxygens (including phenoxy) is 2. The summed E-state index contributed by atoms with van der Waals surface area (Å²) in [5.41, 5.74) is -0.767. The molecule has 0 aromatic heterocycles. The first-order valence-corrected chi connectivity index (χ1v) is 11.6. The molecule has 2 rings (SSSR count). The number of hydrogen-bond acceptors (Lipinski definition) is 9. The average molecular weight is 460 g/mol. The van der Waals surface area contributed by atoms with Crippen LogP contribution in [0.1, 0.15) is 34.1 Å². The number of aliphatic hydroxyl groups is 1. The average Bonchev–Trinajstić information content (AvgIpc) is 2.93. The van der Waals surface area contributed by atoms with Crippen LogP contribution in [0.25, 0.3) is 0 Å². The van der Waals surface area contributed by atoms with Crippen molar-refractivity contribution in [1.82, 2.24) is 10.2 Å². The highest BCUT2D eigenvalue weighted by atomic mass is 32.2. The van der Waals surface area contributed by atoms with Gasteiger partial charge in [0.05, 0.1) is 41.3 Å². The van der Waals surface area contributed by atoms with Crippen LogP contribution in [0.2, 0.25) is 0 Å². The summed E-state index contributed by atoms with van der Waals surface area (Å²) in [6.07, 6.45) is 0.0423. The normalized spacial score (nSPS) is 21.8. The van der Waals surface area contributed by atoms with E-state index in [1.165, 1.54) is 6.92 Å². The Balaban J connectivity index is 2.19. The topological polar surface area (TPSA) is 163 Å². The van der Waals surface area contributed by atoms with Crippen molar-refractivity contribution in [2.24, 2.45) is 11.3 Å². The minimum Gasteiger partial charge on any atom is -0.427 e. The Kier molecular flexibility index (Phi) is 7.48. The fourth-order valence-corrected chi connectivity index (χ4v) is 4.88. The predicted octanol–water partition coefficient (Wildman–Crippen LogP) is -0.447. The van der Waals surface area contributed by atoms with Crippen LogP contribution < -0.4 is 5.32 Å². The molecular formula is C19H29N3O8S. The van der Waals surface area contributed by atoms with Crippen LogP contribution in [0.5, 0.6) is 0 Å². The van der Waals surface area contributed by atoms with Crippen molar-refractivity contribution in [3.05, 3.63) is 11.3 Å². The van der Waals surface area contributed by atoms with Crippen LogP contribution in [0.15, 0.2) is 11.3 Å². The van der Waals surface area contributed by atoms with Gasteiger partial charge in [-0.2, -0.15) is 0 Å². The van der Waals surface area contributed by atoms with E-state index in [4.69, 9.17) is 14.9 Å². The van der Waals surface area contributed by atoms with Gasteiger partial charge in [0, 0.05) is 6.54 Å². The molecule has 0 aromatic carbocycles. The highest BCUT2D eigenvalue weighted by Crippen LogP contribution is 2.44. The van der Waals surface area contributed by atoms with Gasteiger partial charge in [-0.3, -0.25) is 15.0 Å². The lowest BCUT2D eigenvalue weighted by Gasteiger charge is -2.44. The smallest absolute Gasteiger partial charge is 0.357 e. The van der Waals surface area contributed by atoms with Gasteiger partial charge in [-0.15, -0.1) is 0 Å². The van der Waals surface area contributed by atoms with E-state index in [0.29, 0.717) is 0 Å². The molecule has 0 saturated carbocycles. The van der Waals surface area contributed by atoms with Crippen molar-refractivity contribution in [1.29, 1.82) is 5.41 Å². The van der Waals surface area contributed by atoms with Crippen LogP contribution in [-0.2, 0) is 33.7 Å². The number of fused-ring (bicyclic) bond motifs is 1. The van der Waals surface area contributed by atoms with Crippen molar-refractivity contribution in [2.45, 2.75) is 46.3 Å². The second-order valence-electron chi connectivity index (χ2n) is 8.62. The molecule has 3 unspecified atom stereocenters. The number of nitrogens with one attached hydrogen (secondary N) is 2. The van der Waals surface area contributed by atoms with E-state index in [-0.39, 0.29) is 30.0 Å². The second kappa shape index (κ2) is 9.35. The summed E-state index contributed by atoms with van der Waals surface area (Å²) in [5.74, 6) is -3.52. The van der Waals surface area contributed by atoms with Crippen molar-refractivity contribution < 1.29 is 37.4 Å². The van der Waals surface area contributed by atoms with Gasteiger partial charge in [0.15, 0.2) is 9.84 Å². The number of rotatable bonds is 10. The SMILES string of the molecule is CC(O)C1C(=O)N2C(C(=O)OCOC(=O)C(C)(C)C)=C(CS(=O)(=O)CCNC=N)CC12. The number of carbonyl (C=O) groups is 3. The number of nitrogens with zero attached hydrogens (tertiary/aromatic N) is 1. The highest BCUT2D eigenvalue weighted by molar-refractivity contribution is 7.91. The molecule has 0 aromatic rings. The molecule has 12 heteroatoms. The van der Waals surface area contributed by atoms with Crippen LogP contribution in [0.3, 0.4) is 0 Å². The molecular weight excluding hydrogens is 430 g/mol. The molecule has 3 N–H and O–H groups in total. The maximum Gasteiger partial charge on any atom is 0.357 e. The van der Waals surface area contributed by atoms with Gasteiger partial charge >= 0.3 is 11.9 Å². The predicted molar refractivity (Wildman–Crippen MR) is 109 cm³/mol. The molecule has 0 spiro atoms. The first-order chi connectivity index (χ1) is 14.3. The summed E-state index contributed by atoms with van der Waals surface area (Å²) >= 11 is 0. The minimum atomic E-state index is -3.65. The Morgan fingerprint density at radius 2 is 2.00 bits per heavy atom. The molecule has 1 amide bonds. The van der Waals surface area contributed by atoms with E-state index in [2.05, 4.69) is 5.32 Å². The largest absolute Gasteiger partial charge is 0.427 e. The zero-order valence-corrected chi connectivity index (χ0v) is 18.8. The fraction of sp³-hybridized carbons (Fsp3) is 0.684. The van der Waals surface area contributed by atoms with E-state index in [0.717, 1.165) is 11.2 Å². The molecule has 1 saturated heterocycles. The molecule has 1 fully saturated rings. The van der Waals surface area contributed by atoms with Crippen LogP contribution in [0.4, 0.5) is 0 Å². The number of aliphatic hydroxyl groups excluding tert-OH is 1. The first-order valence-electron chi connectivity index (χ1n) is 9.80. The second-order valence-corrected chi connectivity index (χ2v) is 10.8. The third-order valence-electron chi connectivity index (χ3n) is 5.06. The zero-order valence-electron chi connectivity index (χ0n) is 18.0. The van der Waals surface area contributed by atoms with Crippen molar-refractivity contribution in [3.8, 4) is 0 Å². The van der Waals surface area contributed by atoms with E-state index in [9.17, 15) is 27.9 Å². The third-order valence-corrected chi connectivity index (χ3v) is 6.67. The molecule has 174 valence electrons. The van der Waals surface area contributed by atoms with Gasteiger partial charge in [-0.1, -0.05) is 0 Å². The van der Waals surface area contributed by atoms with Gasteiger partial charge in [-0.25, -0.2) is 13.2 Å². The Hall–Kier alpha value is -2.47. The Morgan fingerprint density at radius 3 is 2.55 bits per heavy atom. The Morgan fingerprint density at radius 1 is 1.35 bits per heavy atom. The third kappa shape index (κ3) is 5.62.